The predicted octanol–water partition coefficient (Wildman–Crippen LogP) is 2.13. The van der Waals surface area contributed by atoms with Crippen LogP contribution in [0.15, 0.2) is 24.3 Å². The number of hydrogen-bond donors (Lipinski definition) is 2. The zero-order chi connectivity index (χ0) is 15.0. The van der Waals surface area contributed by atoms with Gasteiger partial charge in [-0.3, -0.25) is 9.59 Å². The van der Waals surface area contributed by atoms with Crippen LogP contribution >= 0.6 is 0 Å². The van der Waals surface area contributed by atoms with E-state index in [9.17, 15) is 9.59 Å². The highest BCUT2D eigenvalue weighted by atomic mass is 16.4. The number of carboxylic acid groups (broad SMARTS) is 1. The molecule has 0 aliphatic carbocycles. The monoisotopic (exact) mass is 278 g/mol. The lowest BCUT2D eigenvalue weighted by Crippen LogP contribution is -2.24. The number of unbranched alkanes of at least 4 members (excludes halogenated alkanes) is 2. The zero-order valence-corrected chi connectivity index (χ0v) is 12.1. The van der Waals surface area contributed by atoms with Gasteiger partial charge in [0.2, 0.25) is 0 Å². The Morgan fingerprint density at radius 2 is 1.95 bits per heavy atom. The number of carboxylic acids is 1. The maximum atomic E-state index is 11.9. The van der Waals surface area contributed by atoms with Crippen molar-refractivity contribution in [2.24, 2.45) is 0 Å². The Bertz CT molecular complexity index is 458. The molecule has 0 aliphatic heterocycles. The topological polar surface area (TPSA) is 69.6 Å². The molecule has 5 heteroatoms. The van der Waals surface area contributed by atoms with Crippen LogP contribution in [0.2, 0.25) is 0 Å². The summed E-state index contributed by atoms with van der Waals surface area (Å²) in [7, 11) is 3.86. The number of nitrogens with one attached hydrogen (secondary N) is 1. The van der Waals surface area contributed by atoms with Crippen LogP contribution in [0, 0.1) is 0 Å². The second-order valence-corrected chi connectivity index (χ2v) is 4.91. The van der Waals surface area contributed by atoms with Gasteiger partial charge in [-0.05, 0) is 31.0 Å². The lowest BCUT2D eigenvalue weighted by atomic mass is 10.1. The van der Waals surface area contributed by atoms with E-state index in [0.717, 1.165) is 18.5 Å². The standard InChI is InChI=1S/C15H22N2O3/c1-17(2)13-8-6-7-12(11-13)15(20)16-10-5-3-4-9-14(18)19/h6-8,11H,3-5,9-10H2,1-2H3,(H,16,20)(H,18,19). The van der Waals surface area contributed by atoms with E-state index in [2.05, 4.69) is 5.32 Å². The molecule has 0 heterocycles. The largest absolute Gasteiger partial charge is 0.481 e. The van der Waals surface area contributed by atoms with Crippen molar-refractivity contribution in [3.63, 3.8) is 0 Å². The van der Waals surface area contributed by atoms with E-state index in [0.29, 0.717) is 18.5 Å². The molecular formula is C15H22N2O3. The molecule has 110 valence electrons. The average molecular weight is 278 g/mol. The first kappa shape index (κ1) is 16.0. The van der Waals surface area contributed by atoms with Gasteiger partial charge < -0.3 is 15.3 Å². The lowest BCUT2D eigenvalue weighted by molar-refractivity contribution is -0.137. The molecule has 0 aliphatic rings. The molecule has 0 radical (unpaired) electrons. The number of anilines is 1. The van der Waals surface area contributed by atoms with Crippen molar-refractivity contribution in [3.05, 3.63) is 29.8 Å². The SMILES string of the molecule is CN(C)c1cccc(C(=O)NCCCCCC(=O)O)c1. The number of aliphatic carboxylic acids is 1. The van der Waals surface area contributed by atoms with E-state index < -0.39 is 5.97 Å². The molecule has 0 atom stereocenters. The molecule has 0 bridgehead atoms. The van der Waals surface area contributed by atoms with E-state index in [-0.39, 0.29) is 12.3 Å². The Morgan fingerprint density at radius 1 is 1.20 bits per heavy atom. The van der Waals surface area contributed by atoms with E-state index in [1.807, 2.05) is 37.2 Å². The molecule has 0 saturated carbocycles. The van der Waals surface area contributed by atoms with Crippen LogP contribution in [0.25, 0.3) is 0 Å². The van der Waals surface area contributed by atoms with Gasteiger partial charge >= 0.3 is 5.97 Å². The second-order valence-electron chi connectivity index (χ2n) is 4.91. The predicted molar refractivity (Wildman–Crippen MR) is 79.2 cm³/mol. The van der Waals surface area contributed by atoms with Gasteiger partial charge in [-0.2, -0.15) is 0 Å². The van der Waals surface area contributed by atoms with Crippen LogP contribution in [0.5, 0.6) is 0 Å². The number of amides is 1. The maximum absolute atomic E-state index is 11.9. The fourth-order valence-corrected chi connectivity index (χ4v) is 1.81. The maximum Gasteiger partial charge on any atom is 0.303 e. The third-order valence-corrected chi connectivity index (χ3v) is 2.98. The van der Waals surface area contributed by atoms with Gasteiger partial charge in [0.15, 0.2) is 0 Å². The van der Waals surface area contributed by atoms with Gasteiger partial charge in [0, 0.05) is 38.3 Å². The average Bonchev–Trinajstić information content (AvgIpc) is 2.42. The number of benzene rings is 1. The minimum absolute atomic E-state index is 0.0908. The minimum Gasteiger partial charge on any atom is -0.481 e. The lowest BCUT2D eigenvalue weighted by Gasteiger charge is -2.13. The van der Waals surface area contributed by atoms with E-state index in [1.54, 1.807) is 6.07 Å². The summed E-state index contributed by atoms with van der Waals surface area (Å²) in [4.78, 5) is 24.2. The van der Waals surface area contributed by atoms with E-state index >= 15 is 0 Å². The number of nitrogens with zero attached hydrogens (tertiary/aromatic N) is 1. The molecule has 20 heavy (non-hydrogen) atoms. The van der Waals surface area contributed by atoms with Crippen molar-refractivity contribution in [1.29, 1.82) is 0 Å². The summed E-state index contributed by atoms with van der Waals surface area (Å²) in [6.45, 7) is 0.574. The number of hydrogen-bond acceptors (Lipinski definition) is 3. The van der Waals surface area contributed by atoms with Gasteiger partial charge in [0.05, 0.1) is 0 Å². The Kier molecular flexibility index (Phi) is 6.56. The molecule has 2 N–H and O–H groups in total. The van der Waals surface area contributed by atoms with Gasteiger partial charge in [-0.25, -0.2) is 0 Å². The molecule has 0 fully saturated rings. The van der Waals surface area contributed by atoms with Crippen molar-refractivity contribution in [2.45, 2.75) is 25.7 Å². The van der Waals surface area contributed by atoms with Crippen LogP contribution in [0.4, 0.5) is 5.69 Å². The number of carbonyl (C=O) groups is 2. The molecule has 0 spiro atoms. The first-order valence-electron chi connectivity index (χ1n) is 6.78. The molecule has 1 aromatic rings. The van der Waals surface area contributed by atoms with Gasteiger partial charge in [-0.1, -0.05) is 12.5 Å². The van der Waals surface area contributed by atoms with E-state index in [1.165, 1.54) is 0 Å². The molecule has 1 amide bonds. The number of carbonyl (C=O) groups excluding carboxylic acids is 1. The molecule has 1 rings (SSSR count). The fraction of sp³-hybridized carbons (Fsp3) is 0.467. The molecule has 0 saturated heterocycles. The normalized spacial score (nSPS) is 10.1. The van der Waals surface area contributed by atoms with Crippen molar-refractivity contribution in [3.8, 4) is 0 Å². The molecule has 0 aromatic heterocycles. The Hall–Kier alpha value is -2.04. The summed E-state index contributed by atoms with van der Waals surface area (Å²) < 4.78 is 0. The Morgan fingerprint density at radius 3 is 2.60 bits per heavy atom. The van der Waals surface area contributed by atoms with Crippen LogP contribution in [-0.2, 0) is 4.79 Å². The highest BCUT2D eigenvalue weighted by Gasteiger charge is 2.06. The number of rotatable bonds is 8. The van der Waals surface area contributed by atoms with Gasteiger partial charge in [0.1, 0.15) is 0 Å². The van der Waals surface area contributed by atoms with Crippen molar-refractivity contribution in [1.82, 2.24) is 5.32 Å². The van der Waals surface area contributed by atoms with Gasteiger partial charge in [-0.15, -0.1) is 0 Å². The fourth-order valence-electron chi connectivity index (χ4n) is 1.81. The third-order valence-electron chi connectivity index (χ3n) is 2.98. The highest BCUT2D eigenvalue weighted by Crippen LogP contribution is 2.13. The molecule has 1 aromatic carbocycles. The first-order valence-corrected chi connectivity index (χ1v) is 6.78. The summed E-state index contributed by atoms with van der Waals surface area (Å²) in [5.41, 5.74) is 1.63. The summed E-state index contributed by atoms with van der Waals surface area (Å²) in [6, 6.07) is 7.44. The van der Waals surface area contributed by atoms with E-state index in [4.69, 9.17) is 5.11 Å². The quantitative estimate of drug-likeness (QED) is 0.715. The van der Waals surface area contributed by atoms with Crippen molar-refractivity contribution < 1.29 is 14.7 Å². The first-order chi connectivity index (χ1) is 9.50. The summed E-state index contributed by atoms with van der Waals surface area (Å²) in [6.07, 6.45) is 2.46. The molecule has 0 unspecified atom stereocenters. The zero-order valence-electron chi connectivity index (χ0n) is 12.1. The summed E-state index contributed by atoms with van der Waals surface area (Å²) in [5, 5.41) is 11.4. The second kappa shape index (κ2) is 8.19. The summed E-state index contributed by atoms with van der Waals surface area (Å²) in [5.74, 6) is -0.860. The van der Waals surface area contributed by atoms with Crippen molar-refractivity contribution >= 4 is 17.6 Å². The Labute approximate surface area is 119 Å². The van der Waals surface area contributed by atoms with Crippen LogP contribution in [0.1, 0.15) is 36.0 Å². The summed E-state index contributed by atoms with van der Waals surface area (Å²) >= 11 is 0. The third kappa shape index (κ3) is 5.73. The smallest absolute Gasteiger partial charge is 0.303 e. The molecule has 5 nitrogen and oxygen atoms in total. The molecular weight excluding hydrogens is 256 g/mol. The highest BCUT2D eigenvalue weighted by molar-refractivity contribution is 5.95. The van der Waals surface area contributed by atoms with Crippen LogP contribution in [0.3, 0.4) is 0 Å². The Balaban J connectivity index is 2.32. The van der Waals surface area contributed by atoms with Gasteiger partial charge in [0.25, 0.3) is 5.91 Å². The van der Waals surface area contributed by atoms with Crippen LogP contribution < -0.4 is 10.2 Å². The van der Waals surface area contributed by atoms with Crippen LogP contribution in [-0.4, -0.2) is 37.6 Å². The van der Waals surface area contributed by atoms with Crippen molar-refractivity contribution in [2.75, 3.05) is 25.5 Å². The minimum atomic E-state index is -0.769.